The Labute approximate surface area is 153 Å². The average Bonchev–Trinajstić information content (AvgIpc) is 2.57. The molecule has 0 rings (SSSR count). The number of rotatable bonds is 18. The van der Waals surface area contributed by atoms with Gasteiger partial charge in [0.05, 0.1) is 5.92 Å². The molecule has 0 aliphatic carbocycles. The van der Waals surface area contributed by atoms with Crippen molar-refractivity contribution in [3.8, 4) is 0 Å². The lowest BCUT2D eigenvalue weighted by Gasteiger charge is -2.05. The van der Waals surface area contributed by atoms with Crippen LogP contribution in [0.4, 0.5) is 0 Å². The van der Waals surface area contributed by atoms with Gasteiger partial charge in [0.25, 0.3) is 0 Å². The smallest absolute Gasteiger partial charge is 0.310 e. The van der Waals surface area contributed by atoms with Gasteiger partial charge in [-0.05, 0) is 19.3 Å². The van der Waals surface area contributed by atoms with Crippen LogP contribution in [0.2, 0.25) is 0 Å². The summed E-state index contributed by atoms with van der Waals surface area (Å²) >= 11 is 0. The average molecular weight is 355 g/mol. The molecule has 0 aromatic carbocycles. The second-order valence-electron chi connectivity index (χ2n) is 6.98. The van der Waals surface area contributed by atoms with Crippen LogP contribution in [-0.4, -0.2) is 22.2 Å². The van der Waals surface area contributed by atoms with Crippen LogP contribution in [0.3, 0.4) is 0 Å². The van der Waals surface area contributed by atoms with Crippen molar-refractivity contribution in [1.29, 1.82) is 0 Å². The van der Waals surface area contributed by atoms with E-state index in [4.69, 9.17) is 10.2 Å². The Kier molecular flexibility index (Phi) is 16.6. The van der Waals surface area contributed by atoms with Gasteiger partial charge in [0.1, 0.15) is 0 Å². The Bertz CT molecular complexity index is 363. The highest BCUT2D eigenvalue weighted by Crippen LogP contribution is 2.13. The monoisotopic (exact) mass is 354 g/mol. The van der Waals surface area contributed by atoms with Crippen molar-refractivity contribution < 1.29 is 19.8 Å². The molecule has 0 aliphatic rings. The van der Waals surface area contributed by atoms with Crippen molar-refractivity contribution in [1.82, 2.24) is 0 Å². The number of aliphatic carboxylic acids is 2. The maximum atomic E-state index is 11.0. The lowest BCUT2D eigenvalue weighted by Crippen LogP contribution is -2.12. The number of carboxylic acids is 2. The number of allylic oxidation sites excluding steroid dienone is 1. The van der Waals surface area contributed by atoms with Crippen LogP contribution < -0.4 is 0 Å². The van der Waals surface area contributed by atoms with Gasteiger partial charge in [-0.25, -0.2) is 0 Å². The predicted molar refractivity (Wildman–Crippen MR) is 103 cm³/mol. The van der Waals surface area contributed by atoms with Crippen LogP contribution in [0.5, 0.6) is 0 Å². The lowest BCUT2D eigenvalue weighted by molar-refractivity contribution is -0.141. The molecule has 0 heterocycles. The van der Waals surface area contributed by atoms with E-state index in [1.165, 1.54) is 70.6 Å². The molecule has 4 heteroatoms. The second-order valence-corrected chi connectivity index (χ2v) is 6.98. The predicted octanol–water partition coefficient (Wildman–Crippen LogP) is 6.20. The van der Waals surface area contributed by atoms with Crippen LogP contribution in [0.25, 0.3) is 0 Å². The summed E-state index contributed by atoms with van der Waals surface area (Å²) in [5, 5.41) is 17.7. The number of hydrogen-bond donors (Lipinski definition) is 2. The Morgan fingerprint density at radius 1 is 0.800 bits per heavy atom. The molecule has 146 valence electrons. The molecule has 25 heavy (non-hydrogen) atoms. The van der Waals surface area contributed by atoms with Crippen LogP contribution in [0, 0.1) is 5.92 Å². The zero-order valence-electron chi connectivity index (χ0n) is 16.0. The van der Waals surface area contributed by atoms with E-state index in [0.717, 1.165) is 12.8 Å². The van der Waals surface area contributed by atoms with Crippen LogP contribution in [-0.2, 0) is 9.59 Å². The number of hydrogen-bond acceptors (Lipinski definition) is 2. The molecule has 4 nitrogen and oxygen atoms in total. The van der Waals surface area contributed by atoms with E-state index in [-0.39, 0.29) is 12.8 Å². The van der Waals surface area contributed by atoms with Crippen molar-refractivity contribution in [2.45, 2.75) is 103 Å². The molecule has 0 saturated heterocycles. The highest BCUT2D eigenvalue weighted by molar-refractivity contribution is 5.73. The van der Waals surface area contributed by atoms with Gasteiger partial charge >= 0.3 is 11.9 Å². The van der Waals surface area contributed by atoms with E-state index in [0.29, 0.717) is 0 Å². The van der Waals surface area contributed by atoms with E-state index >= 15 is 0 Å². The fourth-order valence-corrected chi connectivity index (χ4v) is 2.94. The van der Waals surface area contributed by atoms with Crippen LogP contribution in [0.15, 0.2) is 12.2 Å². The second kappa shape index (κ2) is 17.5. The van der Waals surface area contributed by atoms with Gasteiger partial charge in [0.2, 0.25) is 0 Å². The molecular formula is C21H38O4. The van der Waals surface area contributed by atoms with Gasteiger partial charge in [0.15, 0.2) is 0 Å². The molecule has 0 aromatic rings. The minimum atomic E-state index is -0.944. The third-order valence-corrected chi connectivity index (χ3v) is 4.58. The maximum Gasteiger partial charge on any atom is 0.310 e. The molecule has 2 N–H and O–H groups in total. The van der Waals surface area contributed by atoms with E-state index in [1.54, 1.807) is 6.08 Å². The fourth-order valence-electron chi connectivity index (χ4n) is 2.94. The first-order valence-electron chi connectivity index (χ1n) is 10.2. The summed E-state index contributed by atoms with van der Waals surface area (Å²) in [4.78, 5) is 21.5. The van der Waals surface area contributed by atoms with Crippen LogP contribution in [0.1, 0.15) is 103 Å². The van der Waals surface area contributed by atoms with Crippen molar-refractivity contribution in [2.24, 2.45) is 5.92 Å². The van der Waals surface area contributed by atoms with E-state index in [1.807, 2.05) is 6.08 Å². The molecule has 0 bridgehead atoms. The van der Waals surface area contributed by atoms with E-state index < -0.39 is 17.9 Å². The van der Waals surface area contributed by atoms with Crippen molar-refractivity contribution >= 4 is 11.9 Å². The van der Waals surface area contributed by atoms with Gasteiger partial charge in [-0.15, -0.1) is 0 Å². The molecule has 1 unspecified atom stereocenters. The first-order valence-corrected chi connectivity index (χ1v) is 10.2. The number of carbonyl (C=O) groups is 2. The largest absolute Gasteiger partial charge is 0.481 e. The highest BCUT2D eigenvalue weighted by Gasteiger charge is 2.14. The lowest BCUT2D eigenvalue weighted by atomic mass is 10.0. The summed E-state index contributed by atoms with van der Waals surface area (Å²) in [6, 6.07) is 0. The van der Waals surface area contributed by atoms with Crippen molar-refractivity contribution in [2.75, 3.05) is 0 Å². The Hall–Kier alpha value is -1.32. The third kappa shape index (κ3) is 17.3. The molecule has 0 saturated carbocycles. The third-order valence-electron chi connectivity index (χ3n) is 4.58. The molecule has 0 fully saturated rings. The minimum Gasteiger partial charge on any atom is -0.481 e. The van der Waals surface area contributed by atoms with Gasteiger partial charge in [-0.3, -0.25) is 9.59 Å². The van der Waals surface area contributed by atoms with Gasteiger partial charge in [0, 0.05) is 6.42 Å². The molecule has 0 aliphatic heterocycles. The maximum absolute atomic E-state index is 11.0. The number of unbranched alkanes of at least 4 members (excludes halogenated alkanes) is 12. The summed E-state index contributed by atoms with van der Waals surface area (Å²) in [6.45, 7) is 2.25. The summed E-state index contributed by atoms with van der Waals surface area (Å²) in [7, 11) is 0. The minimum absolute atomic E-state index is 0.0973. The van der Waals surface area contributed by atoms with Gasteiger partial charge in [-0.2, -0.15) is 0 Å². The van der Waals surface area contributed by atoms with Crippen molar-refractivity contribution in [3.05, 3.63) is 12.2 Å². The quantitative estimate of drug-likeness (QED) is 0.227. The molecule has 0 spiro atoms. The molecular weight excluding hydrogens is 316 g/mol. The van der Waals surface area contributed by atoms with Gasteiger partial charge < -0.3 is 10.2 Å². The van der Waals surface area contributed by atoms with E-state index in [9.17, 15) is 9.59 Å². The van der Waals surface area contributed by atoms with Crippen LogP contribution >= 0.6 is 0 Å². The number of carboxylic acid groups (broad SMARTS) is 2. The Morgan fingerprint density at radius 3 is 1.72 bits per heavy atom. The molecule has 0 amide bonds. The summed E-state index contributed by atoms with van der Waals surface area (Å²) in [5.41, 5.74) is 0. The molecule has 1 atom stereocenters. The summed E-state index contributed by atoms with van der Waals surface area (Å²) < 4.78 is 0. The molecule has 0 radical (unpaired) electrons. The summed E-state index contributed by atoms with van der Waals surface area (Å²) in [5.74, 6) is -2.55. The SMILES string of the molecule is CCCCCCCCCCCCCC/C=C/C(CCC(=O)O)C(=O)O. The Balaban J connectivity index is 3.46. The zero-order chi connectivity index (χ0) is 18.8. The first-order chi connectivity index (χ1) is 12.1. The van der Waals surface area contributed by atoms with Gasteiger partial charge in [-0.1, -0.05) is 89.7 Å². The highest BCUT2D eigenvalue weighted by atomic mass is 16.4. The molecule has 0 aromatic heterocycles. The van der Waals surface area contributed by atoms with Crippen molar-refractivity contribution in [3.63, 3.8) is 0 Å². The zero-order valence-corrected chi connectivity index (χ0v) is 16.0. The van der Waals surface area contributed by atoms with E-state index in [2.05, 4.69) is 6.92 Å². The first kappa shape index (κ1) is 23.7. The topological polar surface area (TPSA) is 74.6 Å². The Morgan fingerprint density at radius 2 is 1.28 bits per heavy atom. The summed E-state index contributed by atoms with van der Waals surface area (Å²) in [6.07, 6.45) is 20.3. The fraction of sp³-hybridized carbons (Fsp3) is 0.810. The normalized spacial score (nSPS) is 12.5. The standard InChI is InChI=1S/C21H38O4/c1-2-3-4-5-6-7-8-9-10-11-12-13-14-15-16-19(21(24)25)17-18-20(22)23/h15-16,19H,2-14,17-18H2,1H3,(H,22,23)(H,24,25)/b16-15+.